The van der Waals surface area contributed by atoms with Gasteiger partial charge in [-0.3, -0.25) is 4.79 Å². The summed E-state index contributed by atoms with van der Waals surface area (Å²) in [4.78, 5) is 18.6. The number of hydrogen-bond donors (Lipinski definition) is 2. The van der Waals surface area contributed by atoms with Gasteiger partial charge < -0.3 is 19.7 Å². The predicted octanol–water partition coefficient (Wildman–Crippen LogP) is 2.61. The highest BCUT2D eigenvalue weighted by Crippen LogP contribution is 2.28. The Bertz CT molecular complexity index is 940. The summed E-state index contributed by atoms with van der Waals surface area (Å²) in [5.74, 6) is 1.66. The summed E-state index contributed by atoms with van der Waals surface area (Å²) >= 11 is 1.76. The molecule has 6 nitrogen and oxygen atoms in total. The maximum absolute atomic E-state index is 12.5. The third-order valence-electron chi connectivity index (χ3n) is 5.31. The molecule has 158 valence electrons. The average molecular weight is 427 g/mol. The van der Waals surface area contributed by atoms with E-state index in [9.17, 15) is 4.79 Å². The summed E-state index contributed by atoms with van der Waals surface area (Å²) in [6, 6.07) is 16.1. The molecule has 1 saturated heterocycles. The lowest BCUT2D eigenvalue weighted by Crippen LogP contribution is -3.11. The summed E-state index contributed by atoms with van der Waals surface area (Å²) in [5.41, 5.74) is 1.06. The van der Waals surface area contributed by atoms with E-state index in [1.165, 1.54) is 9.60 Å². The second kappa shape index (κ2) is 9.91. The number of likely N-dealkylation sites (tertiary alicyclic amines) is 1. The van der Waals surface area contributed by atoms with Gasteiger partial charge >= 0.3 is 0 Å². The molecule has 0 bridgehead atoms. The van der Waals surface area contributed by atoms with E-state index in [4.69, 9.17) is 14.5 Å². The minimum Gasteiger partial charge on any atom is -0.494 e. The van der Waals surface area contributed by atoms with Crippen molar-refractivity contribution >= 4 is 27.5 Å². The number of thiazole rings is 1. The maximum atomic E-state index is 12.5. The van der Waals surface area contributed by atoms with E-state index in [1.807, 2.05) is 43.3 Å². The van der Waals surface area contributed by atoms with Crippen LogP contribution < -0.4 is 19.7 Å². The zero-order chi connectivity index (χ0) is 20.8. The Kier molecular flexibility index (Phi) is 6.81. The maximum Gasteiger partial charge on any atom is 0.275 e. The van der Waals surface area contributed by atoms with Gasteiger partial charge in [0.1, 0.15) is 24.1 Å². The van der Waals surface area contributed by atoms with Crippen molar-refractivity contribution in [3.05, 3.63) is 53.5 Å². The van der Waals surface area contributed by atoms with Crippen molar-refractivity contribution in [2.24, 2.45) is 0 Å². The van der Waals surface area contributed by atoms with E-state index in [2.05, 4.69) is 17.4 Å². The Morgan fingerprint density at radius 1 is 1.17 bits per heavy atom. The average Bonchev–Trinajstić information content (AvgIpc) is 3.39. The summed E-state index contributed by atoms with van der Waals surface area (Å²) in [6.45, 7) is 5.02. The molecule has 4 rings (SSSR count). The van der Waals surface area contributed by atoms with Crippen molar-refractivity contribution in [3.8, 4) is 11.5 Å². The second-order valence-electron chi connectivity index (χ2n) is 7.40. The van der Waals surface area contributed by atoms with E-state index in [1.54, 1.807) is 11.3 Å². The fraction of sp³-hybridized carbons (Fsp3) is 0.391. The van der Waals surface area contributed by atoms with Gasteiger partial charge in [-0.15, -0.1) is 11.3 Å². The van der Waals surface area contributed by atoms with Crippen LogP contribution in [-0.4, -0.2) is 43.7 Å². The van der Waals surface area contributed by atoms with Gasteiger partial charge in [0.25, 0.3) is 5.91 Å². The largest absolute Gasteiger partial charge is 0.494 e. The quantitative estimate of drug-likeness (QED) is 0.517. The number of benzene rings is 2. The topological polar surface area (TPSA) is 64.9 Å². The third-order valence-corrected chi connectivity index (χ3v) is 6.46. The minimum atomic E-state index is 0.0632. The monoisotopic (exact) mass is 426 g/mol. The van der Waals surface area contributed by atoms with E-state index in [0.29, 0.717) is 32.3 Å². The molecular weight excluding hydrogens is 398 g/mol. The molecule has 1 aromatic heterocycles. The molecule has 2 heterocycles. The molecule has 1 fully saturated rings. The highest BCUT2D eigenvalue weighted by Gasteiger charge is 2.33. The molecule has 0 saturated carbocycles. The number of rotatable bonds is 9. The first kappa shape index (κ1) is 20.6. The first-order valence-corrected chi connectivity index (χ1v) is 11.4. The van der Waals surface area contributed by atoms with Crippen molar-refractivity contribution in [2.45, 2.75) is 25.8 Å². The molecule has 1 amide bonds. The number of nitrogens with zero attached hydrogens (tertiary/aromatic N) is 1. The number of carbonyl (C=O) groups excluding carboxylic acids is 1. The number of quaternary nitrogens is 1. The van der Waals surface area contributed by atoms with Crippen molar-refractivity contribution in [1.82, 2.24) is 10.3 Å². The summed E-state index contributed by atoms with van der Waals surface area (Å²) in [6.07, 6.45) is 2.22. The predicted molar refractivity (Wildman–Crippen MR) is 118 cm³/mol. The minimum absolute atomic E-state index is 0.0632. The lowest BCUT2D eigenvalue weighted by atomic mass is 10.2. The number of carbonyl (C=O) groups is 1. The molecule has 1 aliphatic rings. The van der Waals surface area contributed by atoms with Crippen LogP contribution in [0.3, 0.4) is 0 Å². The summed E-state index contributed by atoms with van der Waals surface area (Å²) in [7, 11) is 0. The van der Waals surface area contributed by atoms with Gasteiger partial charge in [-0.1, -0.05) is 12.1 Å². The van der Waals surface area contributed by atoms with Crippen LogP contribution >= 0.6 is 11.3 Å². The Hall–Kier alpha value is -2.64. The molecular formula is C23H28N3O3S+. The highest BCUT2D eigenvalue weighted by molar-refractivity contribution is 7.18. The number of amides is 1. The lowest BCUT2D eigenvalue weighted by molar-refractivity contribution is -0.910. The molecule has 0 radical (unpaired) electrons. The molecule has 2 aromatic carbocycles. The zero-order valence-corrected chi connectivity index (χ0v) is 18.0. The molecule has 7 heteroatoms. The van der Waals surface area contributed by atoms with Gasteiger partial charge in [0.2, 0.25) is 0 Å². The standard InChI is InChI=1S/C23H27N3O3S/c1-2-28-17-9-11-18(12-10-17)29-15-13-24-22(27)16-26-14-5-7-20(26)23-25-19-6-3-4-8-21(19)30-23/h3-4,6,8-12,20H,2,5,7,13-16H2,1H3,(H,24,27)/p+1/t20-/m0/s1. The van der Waals surface area contributed by atoms with Crippen molar-refractivity contribution in [2.75, 3.05) is 32.8 Å². The first-order valence-electron chi connectivity index (χ1n) is 10.6. The van der Waals surface area contributed by atoms with Crippen LogP contribution in [0.15, 0.2) is 48.5 Å². The number of hydrogen-bond acceptors (Lipinski definition) is 5. The number of ether oxygens (including phenoxy) is 2. The van der Waals surface area contributed by atoms with Crippen LogP contribution in [0.4, 0.5) is 0 Å². The van der Waals surface area contributed by atoms with Gasteiger partial charge in [-0.05, 0) is 43.3 Å². The highest BCUT2D eigenvalue weighted by atomic mass is 32.1. The molecule has 2 N–H and O–H groups in total. The molecule has 0 aliphatic carbocycles. The Balaban J connectivity index is 1.23. The number of aromatic nitrogens is 1. The Morgan fingerprint density at radius 3 is 2.70 bits per heavy atom. The molecule has 3 aromatic rings. The summed E-state index contributed by atoms with van der Waals surface area (Å²) < 4.78 is 12.3. The van der Waals surface area contributed by atoms with Crippen molar-refractivity contribution < 1.29 is 19.2 Å². The molecule has 1 aliphatic heterocycles. The van der Waals surface area contributed by atoms with Crippen LogP contribution in [0.5, 0.6) is 11.5 Å². The molecule has 0 spiro atoms. The molecule has 1 unspecified atom stereocenters. The number of para-hydroxylation sites is 1. The van der Waals surface area contributed by atoms with Crippen molar-refractivity contribution in [3.63, 3.8) is 0 Å². The van der Waals surface area contributed by atoms with E-state index < -0.39 is 0 Å². The number of fused-ring (bicyclic) bond motifs is 1. The number of nitrogens with one attached hydrogen (secondary N) is 2. The van der Waals surface area contributed by atoms with Crippen LogP contribution in [0.1, 0.15) is 30.8 Å². The van der Waals surface area contributed by atoms with E-state index in [0.717, 1.165) is 41.4 Å². The smallest absolute Gasteiger partial charge is 0.275 e. The van der Waals surface area contributed by atoms with Crippen molar-refractivity contribution in [1.29, 1.82) is 0 Å². The molecule has 2 atom stereocenters. The van der Waals surface area contributed by atoms with Crippen LogP contribution in [0.25, 0.3) is 10.2 Å². The Morgan fingerprint density at radius 2 is 1.93 bits per heavy atom. The normalized spacial score (nSPS) is 18.4. The second-order valence-corrected chi connectivity index (χ2v) is 8.46. The van der Waals surface area contributed by atoms with Crippen LogP contribution in [0, 0.1) is 0 Å². The van der Waals surface area contributed by atoms with Crippen LogP contribution in [-0.2, 0) is 4.79 Å². The SMILES string of the molecule is CCOc1ccc(OCCNC(=O)C[NH+]2CCC[C@H]2c2nc3ccccc3s2)cc1. The summed E-state index contributed by atoms with van der Waals surface area (Å²) in [5, 5.41) is 4.13. The van der Waals surface area contributed by atoms with Gasteiger partial charge in [-0.25, -0.2) is 4.98 Å². The van der Waals surface area contributed by atoms with Gasteiger partial charge in [0.15, 0.2) is 11.6 Å². The molecule has 30 heavy (non-hydrogen) atoms. The van der Waals surface area contributed by atoms with Crippen LogP contribution in [0.2, 0.25) is 0 Å². The zero-order valence-electron chi connectivity index (χ0n) is 17.2. The lowest BCUT2D eigenvalue weighted by Gasteiger charge is -2.19. The van der Waals surface area contributed by atoms with E-state index >= 15 is 0 Å². The third kappa shape index (κ3) is 5.09. The van der Waals surface area contributed by atoms with Gasteiger partial charge in [-0.2, -0.15) is 0 Å². The first-order chi connectivity index (χ1) is 14.7. The van der Waals surface area contributed by atoms with Gasteiger partial charge in [0, 0.05) is 12.8 Å². The Labute approximate surface area is 180 Å². The fourth-order valence-electron chi connectivity index (χ4n) is 3.89. The van der Waals surface area contributed by atoms with E-state index in [-0.39, 0.29) is 5.91 Å². The fourth-order valence-corrected chi connectivity index (χ4v) is 5.05. The van der Waals surface area contributed by atoms with Gasteiger partial charge in [0.05, 0.1) is 29.9 Å².